The van der Waals surface area contributed by atoms with Gasteiger partial charge in [0.05, 0.1) is 13.2 Å². The lowest BCUT2D eigenvalue weighted by atomic mass is 10.2. The van der Waals surface area contributed by atoms with E-state index < -0.39 is 0 Å². The molecule has 1 fully saturated rings. The van der Waals surface area contributed by atoms with Crippen LogP contribution in [0.4, 0.5) is 0 Å². The van der Waals surface area contributed by atoms with Crippen molar-refractivity contribution >= 4 is 18.2 Å². The summed E-state index contributed by atoms with van der Waals surface area (Å²) in [7, 11) is 1.37. The summed E-state index contributed by atoms with van der Waals surface area (Å²) in [6.07, 6.45) is 7.61. The predicted molar refractivity (Wildman–Crippen MR) is 65.8 cm³/mol. The van der Waals surface area contributed by atoms with Crippen molar-refractivity contribution in [3.8, 4) is 0 Å². The number of aldehydes is 1. The van der Waals surface area contributed by atoms with E-state index in [2.05, 4.69) is 4.74 Å². The van der Waals surface area contributed by atoms with Crippen LogP contribution in [0.3, 0.4) is 0 Å². The summed E-state index contributed by atoms with van der Waals surface area (Å²) in [6, 6.07) is -0.266. The summed E-state index contributed by atoms with van der Waals surface area (Å²) in [6.45, 7) is 0.473. The molecule has 1 amide bonds. The summed E-state index contributed by atoms with van der Waals surface area (Å²) >= 11 is 0. The summed E-state index contributed by atoms with van der Waals surface area (Å²) in [5, 5.41) is 0. The lowest BCUT2D eigenvalue weighted by Gasteiger charge is -2.18. The van der Waals surface area contributed by atoms with Crippen LogP contribution in [0.1, 0.15) is 32.1 Å². The van der Waals surface area contributed by atoms with Crippen LogP contribution in [0.2, 0.25) is 0 Å². The van der Waals surface area contributed by atoms with Gasteiger partial charge in [-0.25, -0.2) is 0 Å². The highest BCUT2D eigenvalue weighted by Gasteiger charge is 2.29. The number of methoxy groups -OCH3 is 1. The fraction of sp³-hybridized carbons (Fsp3) is 0.615. The minimum Gasteiger partial charge on any atom is -0.469 e. The lowest BCUT2D eigenvalue weighted by molar-refractivity contribution is -0.140. The van der Waals surface area contributed by atoms with Gasteiger partial charge >= 0.3 is 5.97 Å². The number of esters is 1. The van der Waals surface area contributed by atoms with Crippen LogP contribution >= 0.6 is 0 Å². The van der Waals surface area contributed by atoms with Crippen molar-refractivity contribution in [2.45, 2.75) is 38.1 Å². The molecule has 0 spiro atoms. The van der Waals surface area contributed by atoms with E-state index in [4.69, 9.17) is 0 Å². The molecule has 1 rings (SSSR count). The Bertz CT molecular complexity index is 338. The third-order valence-corrected chi connectivity index (χ3v) is 2.98. The van der Waals surface area contributed by atoms with Crippen LogP contribution in [0.5, 0.6) is 0 Å². The lowest BCUT2D eigenvalue weighted by Crippen LogP contribution is -2.33. The van der Waals surface area contributed by atoms with Crippen molar-refractivity contribution < 1.29 is 19.1 Å². The Morgan fingerprint density at radius 3 is 2.94 bits per heavy atom. The second-order valence-corrected chi connectivity index (χ2v) is 4.23. The fourth-order valence-electron chi connectivity index (χ4n) is 1.91. The van der Waals surface area contributed by atoms with E-state index in [1.807, 2.05) is 12.2 Å². The fourth-order valence-corrected chi connectivity index (χ4v) is 1.91. The summed E-state index contributed by atoms with van der Waals surface area (Å²) in [4.78, 5) is 34.6. The molecule has 18 heavy (non-hydrogen) atoms. The summed E-state index contributed by atoms with van der Waals surface area (Å²) < 4.78 is 4.53. The number of unbranched alkanes of at least 4 members (excludes halogenated alkanes) is 1. The number of allylic oxidation sites excluding steroid dienone is 1. The second-order valence-electron chi connectivity index (χ2n) is 4.23. The number of carbonyl (C=O) groups excluding carboxylic acids is 3. The molecule has 1 saturated heterocycles. The first-order chi connectivity index (χ1) is 8.69. The Kier molecular flexibility index (Phi) is 6.11. The number of amides is 1. The SMILES string of the molecule is COC(=O)CCCC=CCN1C(=O)CCC1C=O. The first-order valence-corrected chi connectivity index (χ1v) is 6.15. The van der Waals surface area contributed by atoms with E-state index in [-0.39, 0.29) is 17.9 Å². The zero-order valence-corrected chi connectivity index (χ0v) is 10.6. The van der Waals surface area contributed by atoms with Gasteiger partial charge in [0, 0.05) is 19.4 Å². The Balaban J connectivity index is 2.21. The molecule has 0 N–H and O–H groups in total. The van der Waals surface area contributed by atoms with Gasteiger partial charge in [-0.15, -0.1) is 0 Å². The Hall–Kier alpha value is -1.65. The van der Waals surface area contributed by atoms with Crippen LogP contribution < -0.4 is 0 Å². The van der Waals surface area contributed by atoms with E-state index in [0.29, 0.717) is 25.8 Å². The highest BCUT2D eigenvalue weighted by molar-refractivity contribution is 5.83. The van der Waals surface area contributed by atoms with Crippen LogP contribution in [-0.4, -0.2) is 42.8 Å². The quantitative estimate of drug-likeness (QED) is 0.295. The minimum atomic E-state index is -0.266. The predicted octanol–water partition coefficient (Wildman–Crippen LogP) is 1.08. The Labute approximate surface area is 107 Å². The molecule has 1 heterocycles. The number of hydrogen-bond acceptors (Lipinski definition) is 4. The van der Waals surface area contributed by atoms with Crippen molar-refractivity contribution in [2.75, 3.05) is 13.7 Å². The molecule has 0 aromatic heterocycles. The van der Waals surface area contributed by atoms with E-state index >= 15 is 0 Å². The van der Waals surface area contributed by atoms with Gasteiger partial charge in [0.1, 0.15) is 6.29 Å². The number of nitrogens with zero attached hydrogens (tertiary/aromatic N) is 1. The van der Waals surface area contributed by atoms with Crippen LogP contribution in [-0.2, 0) is 19.1 Å². The molecular formula is C13H19NO4. The molecule has 1 atom stereocenters. The molecule has 1 aliphatic heterocycles. The standard InChI is InChI=1S/C13H19NO4/c1-18-13(17)6-4-2-3-5-9-14-11(10-15)7-8-12(14)16/h3,5,10-11H,2,4,6-9H2,1H3. The van der Waals surface area contributed by atoms with E-state index in [1.165, 1.54) is 7.11 Å². The maximum absolute atomic E-state index is 11.5. The van der Waals surface area contributed by atoms with E-state index in [9.17, 15) is 14.4 Å². The minimum absolute atomic E-state index is 0.0336. The summed E-state index contributed by atoms with van der Waals surface area (Å²) in [5.74, 6) is -0.176. The maximum atomic E-state index is 11.5. The smallest absolute Gasteiger partial charge is 0.305 e. The number of carbonyl (C=O) groups is 3. The van der Waals surface area contributed by atoms with Crippen molar-refractivity contribution in [1.82, 2.24) is 4.90 Å². The van der Waals surface area contributed by atoms with Gasteiger partial charge in [-0.05, 0) is 19.3 Å². The first kappa shape index (κ1) is 14.4. The Morgan fingerprint density at radius 1 is 1.50 bits per heavy atom. The van der Waals surface area contributed by atoms with Gasteiger partial charge in [-0.1, -0.05) is 12.2 Å². The Morgan fingerprint density at radius 2 is 2.28 bits per heavy atom. The molecule has 0 aliphatic carbocycles. The van der Waals surface area contributed by atoms with Gasteiger partial charge in [-0.2, -0.15) is 0 Å². The van der Waals surface area contributed by atoms with Gasteiger partial charge in [0.2, 0.25) is 5.91 Å². The van der Waals surface area contributed by atoms with Gasteiger partial charge in [0.25, 0.3) is 0 Å². The van der Waals surface area contributed by atoms with Crippen molar-refractivity contribution in [3.63, 3.8) is 0 Å². The zero-order chi connectivity index (χ0) is 13.4. The summed E-state index contributed by atoms with van der Waals surface area (Å²) in [5.41, 5.74) is 0. The molecule has 5 heteroatoms. The number of rotatable bonds is 7. The third kappa shape index (κ3) is 4.31. The topological polar surface area (TPSA) is 63.7 Å². The molecule has 0 radical (unpaired) electrons. The number of likely N-dealkylation sites (tertiary alicyclic amines) is 1. The molecule has 0 aromatic rings. The third-order valence-electron chi connectivity index (χ3n) is 2.98. The second kappa shape index (κ2) is 7.63. The zero-order valence-electron chi connectivity index (χ0n) is 10.6. The highest BCUT2D eigenvalue weighted by Crippen LogP contribution is 2.16. The van der Waals surface area contributed by atoms with Crippen LogP contribution in [0.25, 0.3) is 0 Å². The molecule has 1 unspecified atom stereocenters. The monoisotopic (exact) mass is 253 g/mol. The van der Waals surface area contributed by atoms with Gasteiger partial charge in [-0.3, -0.25) is 9.59 Å². The molecule has 5 nitrogen and oxygen atoms in total. The highest BCUT2D eigenvalue weighted by atomic mass is 16.5. The average molecular weight is 253 g/mol. The van der Waals surface area contributed by atoms with Crippen molar-refractivity contribution in [3.05, 3.63) is 12.2 Å². The van der Waals surface area contributed by atoms with Crippen molar-refractivity contribution in [1.29, 1.82) is 0 Å². The molecular weight excluding hydrogens is 234 g/mol. The first-order valence-electron chi connectivity index (χ1n) is 6.15. The largest absolute Gasteiger partial charge is 0.469 e. The number of hydrogen-bond donors (Lipinski definition) is 0. The van der Waals surface area contributed by atoms with E-state index in [0.717, 1.165) is 19.1 Å². The maximum Gasteiger partial charge on any atom is 0.305 e. The van der Waals surface area contributed by atoms with Crippen molar-refractivity contribution in [2.24, 2.45) is 0 Å². The van der Waals surface area contributed by atoms with Crippen LogP contribution in [0, 0.1) is 0 Å². The molecule has 0 saturated carbocycles. The molecule has 100 valence electrons. The molecule has 0 aromatic carbocycles. The van der Waals surface area contributed by atoms with Gasteiger partial charge < -0.3 is 14.4 Å². The average Bonchev–Trinajstić information content (AvgIpc) is 2.74. The normalized spacial score (nSPS) is 19.5. The molecule has 1 aliphatic rings. The number of ether oxygens (including phenoxy) is 1. The van der Waals surface area contributed by atoms with E-state index in [1.54, 1.807) is 4.90 Å². The van der Waals surface area contributed by atoms with Gasteiger partial charge in [0.15, 0.2) is 0 Å². The van der Waals surface area contributed by atoms with Crippen LogP contribution in [0.15, 0.2) is 12.2 Å². The molecule has 0 bridgehead atoms.